The topological polar surface area (TPSA) is 18.5 Å². The summed E-state index contributed by atoms with van der Waals surface area (Å²) in [4.78, 5) is 0. The van der Waals surface area contributed by atoms with Gasteiger partial charge in [0, 0.05) is 0 Å². The van der Waals surface area contributed by atoms with Crippen molar-refractivity contribution in [2.24, 2.45) is 0 Å². The van der Waals surface area contributed by atoms with E-state index < -0.39 is 6.36 Å². The first-order valence-electron chi connectivity index (χ1n) is 4.66. The second kappa shape index (κ2) is 4.63. The molecule has 2 nitrogen and oxygen atoms in total. The fourth-order valence-corrected chi connectivity index (χ4v) is 1.11. The third-order valence-corrected chi connectivity index (χ3v) is 1.60. The lowest BCUT2D eigenvalue weighted by molar-refractivity contribution is -0.275. The molecule has 5 heteroatoms. The molecule has 1 radical (unpaired) electrons. The number of benzene rings is 1. The maximum atomic E-state index is 12.1. The van der Waals surface area contributed by atoms with Crippen LogP contribution >= 0.6 is 0 Å². The van der Waals surface area contributed by atoms with Crippen LogP contribution in [0.4, 0.5) is 13.2 Å². The van der Waals surface area contributed by atoms with Gasteiger partial charge in [0.1, 0.15) is 0 Å². The average Bonchev–Trinajstić information content (AvgIpc) is 2.06. The minimum atomic E-state index is -4.73. The van der Waals surface area contributed by atoms with Crippen molar-refractivity contribution in [1.82, 2.24) is 0 Å². The largest absolute Gasteiger partial charge is 0.573 e. The predicted octanol–water partition coefficient (Wildman–Crippen LogP) is 3.55. The van der Waals surface area contributed by atoms with Crippen molar-refractivity contribution in [2.75, 3.05) is 0 Å². The summed E-state index contributed by atoms with van der Waals surface area (Å²) in [5.74, 6) is -0.312. The van der Waals surface area contributed by atoms with Crippen LogP contribution in [0.3, 0.4) is 0 Å². The highest BCUT2D eigenvalue weighted by Crippen LogP contribution is 2.33. The van der Waals surface area contributed by atoms with E-state index in [4.69, 9.17) is 4.74 Å². The molecule has 0 aliphatic rings. The van der Waals surface area contributed by atoms with Crippen LogP contribution in [0.15, 0.2) is 18.2 Å². The molecule has 0 saturated heterocycles. The first kappa shape index (κ1) is 12.7. The highest BCUT2D eigenvalue weighted by atomic mass is 19.4. The van der Waals surface area contributed by atoms with E-state index in [9.17, 15) is 13.2 Å². The van der Waals surface area contributed by atoms with E-state index in [0.29, 0.717) is 5.56 Å². The monoisotopic (exact) mass is 233 g/mol. The molecule has 0 aliphatic carbocycles. The van der Waals surface area contributed by atoms with Crippen molar-refractivity contribution in [2.45, 2.75) is 26.3 Å². The molecule has 0 atom stereocenters. The molecule has 0 saturated carbocycles. The molecule has 0 N–H and O–H groups in total. The minimum Gasteiger partial charge on any atom is -0.487 e. The second-order valence-corrected chi connectivity index (χ2v) is 3.50. The Morgan fingerprint density at radius 3 is 2.31 bits per heavy atom. The Morgan fingerprint density at radius 2 is 1.81 bits per heavy atom. The molecule has 0 unspecified atom stereocenters. The van der Waals surface area contributed by atoms with Crippen molar-refractivity contribution in [3.05, 3.63) is 30.7 Å². The Morgan fingerprint density at radius 1 is 1.19 bits per heavy atom. The molecule has 1 aromatic carbocycles. The Bertz CT molecular complexity index is 359. The number of hydrogen-bond acceptors (Lipinski definition) is 2. The summed E-state index contributed by atoms with van der Waals surface area (Å²) >= 11 is 0. The Kier molecular flexibility index (Phi) is 3.67. The fourth-order valence-electron chi connectivity index (χ4n) is 1.11. The van der Waals surface area contributed by atoms with Crippen LogP contribution in [0, 0.1) is 6.92 Å². The maximum Gasteiger partial charge on any atom is 0.573 e. The average molecular weight is 233 g/mol. The molecule has 1 aromatic rings. The van der Waals surface area contributed by atoms with E-state index in [-0.39, 0.29) is 17.6 Å². The standard InChI is InChI=1S/C11H12F3O2/c1-7(2)15-9-5-4-8(3)6-10(9)16-11(12,13)14/h4-7H,3H2,1-2H3. The molecule has 89 valence electrons. The summed E-state index contributed by atoms with van der Waals surface area (Å²) in [5, 5.41) is 0. The van der Waals surface area contributed by atoms with Gasteiger partial charge in [-0.15, -0.1) is 13.2 Å². The smallest absolute Gasteiger partial charge is 0.487 e. The molecular weight excluding hydrogens is 221 g/mol. The number of alkyl halides is 3. The lowest BCUT2D eigenvalue weighted by atomic mass is 10.2. The zero-order valence-electron chi connectivity index (χ0n) is 8.97. The molecule has 0 bridgehead atoms. The van der Waals surface area contributed by atoms with Crippen LogP contribution in [0.1, 0.15) is 19.4 Å². The second-order valence-electron chi connectivity index (χ2n) is 3.50. The van der Waals surface area contributed by atoms with Crippen LogP contribution in [0.25, 0.3) is 0 Å². The molecule has 0 heterocycles. The van der Waals surface area contributed by atoms with E-state index in [2.05, 4.69) is 11.7 Å². The van der Waals surface area contributed by atoms with Crippen molar-refractivity contribution in [3.8, 4) is 11.5 Å². The van der Waals surface area contributed by atoms with Gasteiger partial charge >= 0.3 is 6.36 Å². The van der Waals surface area contributed by atoms with Gasteiger partial charge < -0.3 is 9.47 Å². The summed E-state index contributed by atoms with van der Waals surface area (Å²) < 4.78 is 45.3. The lowest BCUT2D eigenvalue weighted by Crippen LogP contribution is -2.18. The molecule has 1 rings (SSSR count). The maximum absolute atomic E-state index is 12.1. The first-order chi connectivity index (χ1) is 7.28. The van der Waals surface area contributed by atoms with Crippen molar-refractivity contribution >= 4 is 0 Å². The molecule has 0 aliphatic heterocycles. The van der Waals surface area contributed by atoms with Crippen LogP contribution in [0.5, 0.6) is 11.5 Å². The Balaban J connectivity index is 2.98. The van der Waals surface area contributed by atoms with Crippen LogP contribution in [-0.2, 0) is 0 Å². The fraction of sp³-hybridized carbons (Fsp3) is 0.364. The molecule has 0 aromatic heterocycles. The van der Waals surface area contributed by atoms with Gasteiger partial charge in [-0.2, -0.15) is 0 Å². The normalized spacial score (nSPS) is 11.7. The molecular formula is C11H12F3O2. The van der Waals surface area contributed by atoms with Gasteiger partial charge in [0.25, 0.3) is 0 Å². The number of ether oxygens (including phenoxy) is 2. The molecule has 0 fully saturated rings. The van der Waals surface area contributed by atoms with Crippen LogP contribution in [0.2, 0.25) is 0 Å². The highest BCUT2D eigenvalue weighted by molar-refractivity contribution is 5.44. The predicted molar refractivity (Wildman–Crippen MR) is 53.3 cm³/mol. The van der Waals surface area contributed by atoms with E-state index >= 15 is 0 Å². The van der Waals surface area contributed by atoms with Crippen LogP contribution < -0.4 is 9.47 Å². The summed E-state index contributed by atoms with van der Waals surface area (Å²) in [6, 6.07) is 4.15. The van der Waals surface area contributed by atoms with Gasteiger partial charge in [0.05, 0.1) is 6.10 Å². The zero-order valence-corrected chi connectivity index (χ0v) is 8.97. The molecule has 0 amide bonds. The lowest BCUT2D eigenvalue weighted by Gasteiger charge is -2.16. The van der Waals surface area contributed by atoms with E-state index in [1.807, 2.05) is 0 Å². The molecule has 16 heavy (non-hydrogen) atoms. The van der Waals surface area contributed by atoms with Crippen molar-refractivity contribution < 1.29 is 22.6 Å². The van der Waals surface area contributed by atoms with Gasteiger partial charge in [-0.05, 0) is 38.5 Å². The quantitative estimate of drug-likeness (QED) is 0.794. The van der Waals surface area contributed by atoms with Gasteiger partial charge in [-0.3, -0.25) is 0 Å². The van der Waals surface area contributed by atoms with Crippen LogP contribution in [-0.4, -0.2) is 12.5 Å². The SMILES string of the molecule is [CH2]c1ccc(OC(C)C)c(OC(F)(F)F)c1. The first-order valence-corrected chi connectivity index (χ1v) is 4.66. The van der Waals surface area contributed by atoms with Gasteiger partial charge in [0.2, 0.25) is 0 Å². The summed E-state index contributed by atoms with van der Waals surface area (Å²) in [6.07, 6.45) is -4.96. The number of rotatable bonds is 3. The number of hydrogen-bond donors (Lipinski definition) is 0. The third kappa shape index (κ3) is 4.00. The van der Waals surface area contributed by atoms with E-state index in [1.165, 1.54) is 12.1 Å². The van der Waals surface area contributed by atoms with E-state index in [0.717, 1.165) is 0 Å². The van der Waals surface area contributed by atoms with Gasteiger partial charge in [0.15, 0.2) is 11.5 Å². The van der Waals surface area contributed by atoms with Gasteiger partial charge in [-0.25, -0.2) is 0 Å². The summed E-state index contributed by atoms with van der Waals surface area (Å²) in [6.45, 7) is 6.96. The van der Waals surface area contributed by atoms with E-state index in [1.54, 1.807) is 19.9 Å². The van der Waals surface area contributed by atoms with Crippen molar-refractivity contribution in [1.29, 1.82) is 0 Å². The zero-order chi connectivity index (χ0) is 12.3. The summed E-state index contributed by atoms with van der Waals surface area (Å²) in [7, 11) is 0. The van der Waals surface area contributed by atoms with Crippen molar-refractivity contribution in [3.63, 3.8) is 0 Å². The Hall–Kier alpha value is -1.39. The Labute approximate surface area is 92.0 Å². The number of halogens is 3. The molecule has 0 spiro atoms. The van der Waals surface area contributed by atoms with Gasteiger partial charge in [-0.1, -0.05) is 6.07 Å². The summed E-state index contributed by atoms with van der Waals surface area (Å²) in [5.41, 5.74) is 0.426. The highest BCUT2D eigenvalue weighted by Gasteiger charge is 2.32. The third-order valence-electron chi connectivity index (χ3n) is 1.60. The minimum absolute atomic E-state index is 0.0553.